The van der Waals surface area contributed by atoms with Gasteiger partial charge >= 0.3 is 5.97 Å². The van der Waals surface area contributed by atoms with E-state index in [1.54, 1.807) is 18.2 Å². The molecule has 25 heavy (non-hydrogen) atoms. The van der Waals surface area contributed by atoms with E-state index in [0.717, 1.165) is 32.5 Å². The molecule has 0 saturated carbocycles. The third-order valence-corrected chi connectivity index (χ3v) is 4.89. The van der Waals surface area contributed by atoms with Crippen molar-refractivity contribution in [2.75, 3.05) is 26.2 Å². The van der Waals surface area contributed by atoms with Gasteiger partial charge in [0.1, 0.15) is 6.42 Å². The molecule has 1 aromatic rings. The van der Waals surface area contributed by atoms with Crippen LogP contribution in [0, 0.1) is 0 Å². The van der Waals surface area contributed by atoms with E-state index in [2.05, 4.69) is 34.2 Å². The van der Waals surface area contributed by atoms with Crippen molar-refractivity contribution in [2.45, 2.75) is 38.3 Å². The molecule has 3 rings (SSSR count). The summed E-state index contributed by atoms with van der Waals surface area (Å²) in [4.78, 5) is 32.3. The molecule has 0 aromatic heterocycles. The highest BCUT2D eigenvalue weighted by molar-refractivity contribution is 5.99. The number of esters is 1. The number of likely N-dealkylation sites (tertiary alicyclic amines) is 1. The molecule has 2 aliphatic heterocycles. The number of amides is 1. The molecule has 1 amide bonds. The second kappa shape index (κ2) is 7.78. The largest absolute Gasteiger partial charge is 0.466 e. The highest BCUT2D eigenvalue weighted by Gasteiger charge is 2.40. The van der Waals surface area contributed by atoms with Crippen LogP contribution in [0.5, 0.6) is 0 Å². The van der Waals surface area contributed by atoms with Crippen molar-refractivity contribution in [1.29, 1.82) is 0 Å². The van der Waals surface area contributed by atoms with Crippen LogP contribution < -0.4 is 0 Å². The number of carbonyl (C=O) groups is 2. The van der Waals surface area contributed by atoms with Crippen LogP contribution >= 0.6 is 0 Å². The minimum Gasteiger partial charge on any atom is -0.466 e. The van der Waals surface area contributed by atoms with Crippen LogP contribution in [0.25, 0.3) is 0 Å². The summed E-state index contributed by atoms with van der Waals surface area (Å²) in [6.45, 7) is 5.48. The minimum atomic E-state index is -0.473. The number of ether oxygens (including phenoxy) is 1. The molecular formula is C19H25N3O3. The highest BCUT2D eigenvalue weighted by atomic mass is 16.5. The summed E-state index contributed by atoms with van der Waals surface area (Å²) in [5.41, 5.74) is 1.14. The first-order valence-corrected chi connectivity index (χ1v) is 8.87. The van der Waals surface area contributed by atoms with E-state index in [-0.39, 0.29) is 17.9 Å². The van der Waals surface area contributed by atoms with E-state index in [1.165, 1.54) is 5.56 Å². The van der Waals surface area contributed by atoms with Gasteiger partial charge < -0.3 is 9.64 Å². The van der Waals surface area contributed by atoms with Crippen LogP contribution in [0.15, 0.2) is 35.3 Å². The topological polar surface area (TPSA) is 62.2 Å². The van der Waals surface area contributed by atoms with Crippen LogP contribution in [0.2, 0.25) is 0 Å². The van der Waals surface area contributed by atoms with Crippen LogP contribution in [0.4, 0.5) is 0 Å². The molecule has 0 atom stereocenters. The Morgan fingerprint density at radius 1 is 1.20 bits per heavy atom. The Bertz CT molecular complexity index is 637. The molecule has 2 heterocycles. The predicted octanol–water partition coefficient (Wildman–Crippen LogP) is 1.84. The van der Waals surface area contributed by atoms with Gasteiger partial charge in [-0.3, -0.25) is 19.5 Å². The monoisotopic (exact) mass is 343 g/mol. The maximum absolute atomic E-state index is 12.2. The van der Waals surface area contributed by atoms with Crippen molar-refractivity contribution < 1.29 is 14.3 Å². The maximum Gasteiger partial charge on any atom is 0.315 e. The van der Waals surface area contributed by atoms with E-state index < -0.39 is 5.97 Å². The van der Waals surface area contributed by atoms with Crippen molar-refractivity contribution in [2.24, 2.45) is 4.99 Å². The quantitative estimate of drug-likeness (QED) is 0.605. The summed E-state index contributed by atoms with van der Waals surface area (Å²) in [5, 5.41) is 0. The first kappa shape index (κ1) is 17.6. The number of nitrogens with zero attached hydrogens (tertiary/aromatic N) is 3. The Morgan fingerprint density at radius 2 is 1.92 bits per heavy atom. The van der Waals surface area contributed by atoms with Gasteiger partial charge in [0.2, 0.25) is 5.91 Å². The van der Waals surface area contributed by atoms with E-state index in [9.17, 15) is 9.59 Å². The SMILES string of the molecule is CCOC(=O)CC(=O)N1C=NC2(CCN(Cc3ccccc3)CC2)C1. The third kappa shape index (κ3) is 4.45. The highest BCUT2D eigenvalue weighted by Crippen LogP contribution is 2.31. The fourth-order valence-corrected chi connectivity index (χ4v) is 3.44. The number of hydrogen-bond acceptors (Lipinski definition) is 5. The average Bonchev–Trinajstić information content (AvgIpc) is 3.02. The van der Waals surface area contributed by atoms with Gasteiger partial charge in [-0.15, -0.1) is 0 Å². The van der Waals surface area contributed by atoms with Crippen LogP contribution in [-0.2, 0) is 20.9 Å². The molecule has 6 nitrogen and oxygen atoms in total. The second-order valence-electron chi connectivity index (χ2n) is 6.73. The van der Waals surface area contributed by atoms with Crippen molar-refractivity contribution in [3.05, 3.63) is 35.9 Å². The molecular weight excluding hydrogens is 318 g/mol. The molecule has 6 heteroatoms. The minimum absolute atomic E-state index is 0.183. The number of piperidine rings is 1. The Labute approximate surface area is 148 Å². The summed E-state index contributed by atoms with van der Waals surface area (Å²) >= 11 is 0. The molecule has 1 spiro atoms. The summed E-state index contributed by atoms with van der Waals surface area (Å²) in [7, 11) is 0. The lowest BCUT2D eigenvalue weighted by Gasteiger charge is -2.37. The standard InChI is InChI=1S/C19H25N3O3/c1-2-25-18(24)12-17(23)22-14-19(20-15-22)8-10-21(11-9-19)13-16-6-4-3-5-7-16/h3-7,15H,2,8-14H2,1H3. The van der Waals surface area contributed by atoms with Gasteiger partial charge in [-0.05, 0) is 25.3 Å². The van der Waals surface area contributed by atoms with Crippen molar-refractivity contribution in [3.63, 3.8) is 0 Å². The zero-order chi connectivity index (χ0) is 17.7. The van der Waals surface area contributed by atoms with Crippen LogP contribution in [-0.4, -0.2) is 59.8 Å². The molecule has 1 saturated heterocycles. The zero-order valence-electron chi connectivity index (χ0n) is 14.7. The number of aliphatic imine (C=N–C) groups is 1. The van der Waals surface area contributed by atoms with Gasteiger partial charge in [-0.1, -0.05) is 30.3 Å². The molecule has 1 fully saturated rings. The Hall–Kier alpha value is -2.21. The number of benzene rings is 1. The Morgan fingerprint density at radius 3 is 2.60 bits per heavy atom. The molecule has 2 aliphatic rings. The number of carbonyl (C=O) groups excluding carboxylic acids is 2. The molecule has 0 aliphatic carbocycles. The van der Waals surface area contributed by atoms with E-state index in [4.69, 9.17) is 4.74 Å². The lowest BCUT2D eigenvalue weighted by atomic mass is 9.88. The van der Waals surface area contributed by atoms with Crippen molar-refractivity contribution in [1.82, 2.24) is 9.80 Å². The molecule has 1 aromatic carbocycles. The average molecular weight is 343 g/mol. The first-order chi connectivity index (χ1) is 12.1. The predicted molar refractivity (Wildman–Crippen MR) is 95.1 cm³/mol. The maximum atomic E-state index is 12.2. The van der Waals surface area contributed by atoms with Gasteiger partial charge in [0, 0.05) is 19.6 Å². The number of rotatable bonds is 5. The normalized spacial score (nSPS) is 19.3. The van der Waals surface area contributed by atoms with E-state index >= 15 is 0 Å². The van der Waals surface area contributed by atoms with E-state index in [0.29, 0.717) is 13.2 Å². The van der Waals surface area contributed by atoms with Gasteiger partial charge in [0.25, 0.3) is 0 Å². The molecule has 134 valence electrons. The van der Waals surface area contributed by atoms with Crippen LogP contribution in [0.1, 0.15) is 31.7 Å². The first-order valence-electron chi connectivity index (χ1n) is 8.87. The van der Waals surface area contributed by atoms with Gasteiger partial charge in [0.05, 0.1) is 25.0 Å². The fourth-order valence-electron chi connectivity index (χ4n) is 3.44. The molecule has 0 unspecified atom stereocenters. The van der Waals surface area contributed by atoms with Crippen molar-refractivity contribution in [3.8, 4) is 0 Å². The van der Waals surface area contributed by atoms with Gasteiger partial charge in [-0.2, -0.15) is 0 Å². The molecule has 0 bridgehead atoms. The lowest BCUT2D eigenvalue weighted by Crippen LogP contribution is -2.46. The summed E-state index contributed by atoms with van der Waals surface area (Å²) < 4.78 is 4.84. The smallest absolute Gasteiger partial charge is 0.315 e. The fraction of sp³-hybridized carbons (Fsp3) is 0.526. The Balaban J connectivity index is 1.48. The summed E-state index contributed by atoms with van der Waals surface area (Å²) in [5.74, 6) is -0.703. The second-order valence-corrected chi connectivity index (χ2v) is 6.73. The number of hydrogen-bond donors (Lipinski definition) is 0. The Kier molecular flexibility index (Phi) is 5.48. The van der Waals surface area contributed by atoms with E-state index in [1.807, 2.05) is 6.07 Å². The van der Waals surface area contributed by atoms with Crippen LogP contribution in [0.3, 0.4) is 0 Å². The summed E-state index contributed by atoms with van der Waals surface area (Å²) in [6.07, 6.45) is 3.25. The molecule has 0 radical (unpaired) electrons. The lowest BCUT2D eigenvalue weighted by molar-refractivity contribution is -0.147. The zero-order valence-corrected chi connectivity index (χ0v) is 14.7. The summed E-state index contributed by atoms with van der Waals surface area (Å²) in [6, 6.07) is 10.5. The third-order valence-electron chi connectivity index (χ3n) is 4.89. The van der Waals surface area contributed by atoms with Gasteiger partial charge in [0.15, 0.2) is 0 Å². The molecule has 0 N–H and O–H groups in total. The van der Waals surface area contributed by atoms with Gasteiger partial charge in [-0.25, -0.2) is 0 Å². The van der Waals surface area contributed by atoms with Crippen molar-refractivity contribution >= 4 is 18.2 Å².